The summed E-state index contributed by atoms with van der Waals surface area (Å²) in [5, 5.41) is 9.46. The number of ether oxygens (including phenoxy) is 1. The Kier molecular flexibility index (Phi) is 4.15. The minimum Gasteiger partial charge on any atom is -0.508 e. The lowest BCUT2D eigenvalue weighted by Crippen LogP contribution is -2.22. The molecule has 0 radical (unpaired) electrons. The van der Waals surface area contributed by atoms with E-state index < -0.39 is 0 Å². The van der Waals surface area contributed by atoms with Gasteiger partial charge in [-0.05, 0) is 36.2 Å². The maximum atomic E-state index is 9.46. The minimum atomic E-state index is 0.300. The highest BCUT2D eigenvalue weighted by Gasteiger charge is 2.03. The number of aryl methyl sites for hydroxylation is 1. The van der Waals surface area contributed by atoms with Gasteiger partial charge >= 0.3 is 0 Å². The molecule has 0 aliphatic carbocycles. The maximum absolute atomic E-state index is 9.46. The van der Waals surface area contributed by atoms with Gasteiger partial charge < -0.3 is 9.84 Å². The third-order valence-electron chi connectivity index (χ3n) is 3.22. The van der Waals surface area contributed by atoms with E-state index in [4.69, 9.17) is 4.74 Å². The zero-order valence-corrected chi connectivity index (χ0v) is 11.7. The second kappa shape index (κ2) is 5.83. The molecule has 3 heteroatoms. The number of rotatable bonds is 4. The molecule has 2 nitrogen and oxygen atoms in total. The van der Waals surface area contributed by atoms with Gasteiger partial charge in [-0.3, -0.25) is 0 Å². The van der Waals surface area contributed by atoms with Gasteiger partial charge in [0.1, 0.15) is 18.1 Å². The molecule has 0 unspecified atom stereocenters. The van der Waals surface area contributed by atoms with Gasteiger partial charge in [-0.15, -0.1) is 0 Å². The van der Waals surface area contributed by atoms with Crippen molar-refractivity contribution in [2.45, 2.75) is 27.2 Å². The van der Waals surface area contributed by atoms with Crippen LogP contribution in [0.1, 0.15) is 11.1 Å². The van der Waals surface area contributed by atoms with Crippen LogP contribution in [-0.2, 0) is 6.61 Å². The van der Waals surface area contributed by atoms with Gasteiger partial charge in [-0.25, -0.2) is 0 Å². The Balaban J connectivity index is 2.00. The minimum absolute atomic E-state index is 0.300. The molecule has 1 N–H and O–H groups in total. The van der Waals surface area contributed by atoms with Gasteiger partial charge in [0.25, 0.3) is 0 Å². The molecule has 0 aromatic heterocycles. The van der Waals surface area contributed by atoms with E-state index in [2.05, 4.69) is 37.9 Å². The Morgan fingerprint density at radius 1 is 1.05 bits per heavy atom. The van der Waals surface area contributed by atoms with E-state index in [1.165, 1.54) is 5.46 Å². The average Bonchev–Trinajstić information content (AvgIpc) is 2.40. The highest BCUT2D eigenvalue weighted by atomic mass is 16.5. The topological polar surface area (TPSA) is 29.5 Å². The molecular formula is C16H19BO2. The first kappa shape index (κ1) is 13.5. The van der Waals surface area contributed by atoms with Crippen molar-refractivity contribution in [3.63, 3.8) is 0 Å². The molecule has 0 aliphatic rings. The van der Waals surface area contributed by atoms with Crippen molar-refractivity contribution in [2.75, 3.05) is 0 Å². The second-order valence-corrected chi connectivity index (χ2v) is 5.13. The Morgan fingerprint density at radius 2 is 1.74 bits per heavy atom. The van der Waals surface area contributed by atoms with Crippen LogP contribution in [0.2, 0.25) is 13.6 Å². The van der Waals surface area contributed by atoms with Crippen molar-refractivity contribution in [3.05, 3.63) is 53.6 Å². The molecule has 19 heavy (non-hydrogen) atoms. The van der Waals surface area contributed by atoms with Crippen LogP contribution >= 0.6 is 0 Å². The highest BCUT2D eigenvalue weighted by Crippen LogP contribution is 2.22. The number of hydrogen-bond donors (Lipinski definition) is 1. The van der Waals surface area contributed by atoms with Crippen molar-refractivity contribution in [1.82, 2.24) is 0 Å². The molecule has 0 fully saturated rings. The lowest BCUT2D eigenvalue weighted by Gasteiger charge is -2.09. The number of hydrogen-bond acceptors (Lipinski definition) is 2. The van der Waals surface area contributed by atoms with Crippen molar-refractivity contribution < 1.29 is 9.84 Å². The second-order valence-electron chi connectivity index (χ2n) is 5.13. The summed E-state index contributed by atoms with van der Waals surface area (Å²) in [4.78, 5) is 0. The molecule has 98 valence electrons. The molecule has 0 heterocycles. The molecule has 2 aromatic rings. The summed E-state index contributed by atoms with van der Waals surface area (Å²) in [5.74, 6) is 1.08. The zero-order valence-electron chi connectivity index (χ0n) is 11.7. The van der Waals surface area contributed by atoms with Crippen LogP contribution in [0.15, 0.2) is 42.5 Å². The normalized spacial score (nSPS) is 10.3. The first-order valence-corrected chi connectivity index (χ1v) is 6.57. The highest BCUT2D eigenvalue weighted by molar-refractivity contribution is 6.70. The molecule has 0 saturated carbocycles. The molecule has 2 aromatic carbocycles. The average molecular weight is 254 g/mol. The zero-order chi connectivity index (χ0) is 13.8. The Morgan fingerprint density at radius 3 is 2.32 bits per heavy atom. The summed E-state index contributed by atoms with van der Waals surface area (Å²) in [7, 11) is 0. The molecular weight excluding hydrogens is 235 g/mol. The van der Waals surface area contributed by atoms with Gasteiger partial charge in [0, 0.05) is 0 Å². The summed E-state index contributed by atoms with van der Waals surface area (Å²) in [6.45, 7) is 7.33. The largest absolute Gasteiger partial charge is 0.508 e. The van der Waals surface area contributed by atoms with E-state index in [1.807, 2.05) is 13.0 Å². The van der Waals surface area contributed by atoms with Crippen LogP contribution in [0, 0.1) is 6.92 Å². The third-order valence-corrected chi connectivity index (χ3v) is 3.22. The summed E-state index contributed by atoms with van der Waals surface area (Å²) in [5.41, 5.74) is 3.31. The Labute approximate surface area is 115 Å². The van der Waals surface area contributed by atoms with Crippen LogP contribution in [-0.4, -0.2) is 11.8 Å². The van der Waals surface area contributed by atoms with Gasteiger partial charge in [0.05, 0.1) is 0 Å². The summed E-state index contributed by atoms with van der Waals surface area (Å²) >= 11 is 0. The van der Waals surface area contributed by atoms with Crippen molar-refractivity contribution in [2.24, 2.45) is 0 Å². The summed E-state index contributed by atoms with van der Waals surface area (Å²) in [6.07, 6.45) is 0. The quantitative estimate of drug-likeness (QED) is 0.848. The molecule has 0 saturated heterocycles. The van der Waals surface area contributed by atoms with Gasteiger partial charge in [0.15, 0.2) is 6.71 Å². The van der Waals surface area contributed by atoms with Gasteiger partial charge in [0.2, 0.25) is 0 Å². The van der Waals surface area contributed by atoms with Crippen molar-refractivity contribution in [1.29, 1.82) is 0 Å². The number of aromatic hydroxyl groups is 1. The number of phenolic OH excluding ortho intramolecular Hbond substituents is 1. The first-order chi connectivity index (χ1) is 9.06. The summed E-state index contributed by atoms with van der Waals surface area (Å²) < 4.78 is 5.72. The van der Waals surface area contributed by atoms with Crippen LogP contribution in [0.4, 0.5) is 0 Å². The van der Waals surface area contributed by atoms with Crippen LogP contribution in [0.25, 0.3) is 0 Å². The van der Waals surface area contributed by atoms with Crippen molar-refractivity contribution in [3.8, 4) is 11.5 Å². The molecule has 0 atom stereocenters. The van der Waals surface area contributed by atoms with Crippen LogP contribution < -0.4 is 10.2 Å². The fourth-order valence-corrected chi connectivity index (χ4v) is 1.88. The molecule has 0 bridgehead atoms. The van der Waals surface area contributed by atoms with E-state index in [-0.39, 0.29) is 0 Å². The smallest absolute Gasteiger partial charge is 0.169 e. The van der Waals surface area contributed by atoms with E-state index in [9.17, 15) is 5.11 Å². The van der Waals surface area contributed by atoms with Gasteiger partial charge in [-0.2, -0.15) is 0 Å². The monoisotopic (exact) mass is 254 g/mol. The fourth-order valence-electron chi connectivity index (χ4n) is 1.88. The molecule has 0 amide bonds. The van der Waals surface area contributed by atoms with Crippen LogP contribution in [0.3, 0.4) is 0 Å². The third kappa shape index (κ3) is 3.54. The van der Waals surface area contributed by atoms with Gasteiger partial charge in [-0.1, -0.05) is 43.4 Å². The lowest BCUT2D eigenvalue weighted by molar-refractivity contribution is 0.305. The SMILES string of the molecule is CB(C)c1ccc(COc2ccc(O)c(C)c2)cc1. The predicted octanol–water partition coefficient (Wildman–Crippen LogP) is 3.24. The van der Waals surface area contributed by atoms with E-state index >= 15 is 0 Å². The Bertz CT molecular complexity index is 547. The summed E-state index contributed by atoms with van der Waals surface area (Å²) in [6, 6.07) is 13.8. The molecule has 0 aliphatic heterocycles. The number of phenols is 1. The molecule has 0 spiro atoms. The standard InChI is InChI=1S/C16H19BO2/c1-12-10-15(8-9-16(12)18)19-11-13-4-6-14(7-5-13)17(2)3/h4-10,18H,11H2,1-3H3. The van der Waals surface area contributed by atoms with E-state index in [0.29, 0.717) is 19.1 Å². The maximum Gasteiger partial charge on any atom is 0.169 e. The van der Waals surface area contributed by atoms with E-state index in [1.54, 1.807) is 12.1 Å². The van der Waals surface area contributed by atoms with Crippen LogP contribution in [0.5, 0.6) is 11.5 Å². The predicted molar refractivity (Wildman–Crippen MR) is 80.7 cm³/mol. The first-order valence-electron chi connectivity index (χ1n) is 6.57. The number of benzene rings is 2. The lowest BCUT2D eigenvalue weighted by atomic mass is 9.49. The molecule has 2 rings (SSSR count). The van der Waals surface area contributed by atoms with Crippen molar-refractivity contribution >= 4 is 12.2 Å². The van der Waals surface area contributed by atoms with E-state index in [0.717, 1.165) is 16.9 Å². The fraction of sp³-hybridized carbons (Fsp3) is 0.250. The Hall–Kier alpha value is -1.90.